The fourth-order valence-electron chi connectivity index (χ4n) is 2.16. The second kappa shape index (κ2) is 7.51. The number of anilines is 2. The molecule has 0 radical (unpaired) electrons. The lowest BCUT2D eigenvalue weighted by Crippen LogP contribution is -2.14. The lowest BCUT2D eigenvalue weighted by atomic mass is 10.1. The average Bonchev–Trinajstić information content (AvgIpc) is 2.52. The van der Waals surface area contributed by atoms with Crippen LogP contribution in [0.25, 0.3) is 0 Å². The predicted molar refractivity (Wildman–Crippen MR) is 102 cm³/mol. The Kier molecular flexibility index (Phi) is 5.67. The summed E-state index contributed by atoms with van der Waals surface area (Å²) in [7, 11) is 1.99. The molecule has 2 aromatic carbocycles. The molecule has 2 rings (SSSR count). The van der Waals surface area contributed by atoms with Crippen LogP contribution in [0, 0.1) is 20.8 Å². The minimum Gasteiger partial charge on any atom is -0.366 e. The first-order valence-electron chi connectivity index (χ1n) is 7.79. The van der Waals surface area contributed by atoms with Crippen LogP contribution >= 0.6 is 11.6 Å². The number of aryl methyl sites for hydroxylation is 3. The number of hydrogen-bond donors (Lipinski definition) is 1. The van der Waals surface area contributed by atoms with E-state index in [9.17, 15) is 0 Å². The van der Waals surface area contributed by atoms with Gasteiger partial charge in [-0.15, -0.1) is 0 Å². The van der Waals surface area contributed by atoms with E-state index in [1.54, 1.807) is 6.34 Å². The average molecular weight is 330 g/mol. The summed E-state index contributed by atoms with van der Waals surface area (Å²) in [6.45, 7) is 9.24. The highest BCUT2D eigenvalue weighted by atomic mass is 35.5. The minimum absolute atomic E-state index is 0.643. The molecule has 0 bridgehead atoms. The lowest BCUT2D eigenvalue weighted by molar-refractivity contribution is 0.552. The number of nitrogens with zero attached hydrogens (tertiary/aromatic N) is 2. The Labute approximate surface area is 144 Å². The van der Waals surface area contributed by atoms with E-state index in [2.05, 4.69) is 56.2 Å². The maximum Gasteiger partial charge on any atom is 0.0910 e. The Morgan fingerprint density at radius 3 is 2.48 bits per heavy atom. The highest BCUT2D eigenvalue weighted by Crippen LogP contribution is 2.33. The molecule has 0 atom stereocenters. The summed E-state index contributed by atoms with van der Waals surface area (Å²) < 4.78 is 0. The van der Waals surface area contributed by atoms with Gasteiger partial charge in [0, 0.05) is 25.0 Å². The van der Waals surface area contributed by atoms with E-state index in [4.69, 9.17) is 11.6 Å². The van der Waals surface area contributed by atoms with Crippen molar-refractivity contribution in [1.82, 2.24) is 4.90 Å². The zero-order chi connectivity index (χ0) is 17.0. The summed E-state index contributed by atoms with van der Waals surface area (Å²) in [5.74, 6) is 0. The first-order valence-corrected chi connectivity index (χ1v) is 8.17. The molecule has 0 aliphatic rings. The van der Waals surface area contributed by atoms with Gasteiger partial charge in [0.25, 0.3) is 0 Å². The fraction of sp³-hybridized carbons (Fsp3) is 0.316. The second-order valence-electron chi connectivity index (χ2n) is 5.88. The van der Waals surface area contributed by atoms with Crippen LogP contribution in [0.5, 0.6) is 0 Å². The molecule has 0 fully saturated rings. The lowest BCUT2D eigenvalue weighted by Gasteiger charge is -2.14. The number of rotatable bonds is 5. The Hall–Kier alpha value is -2.00. The van der Waals surface area contributed by atoms with E-state index in [1.807, 2.05) is 24.1 Å². The third-order valence-electron chi connectivity index (χ3n) is 3.85. The highest BCUT2D eigenvalue weighted by molar-refractivity contribution is 6.33. The predicted octanol–water partition coefficient (Wildman–Crippen LogP) is 5.62. The summed E-state index contributed by atoms with van der Waals surface area (Å²) >= 11 is 6.39. The first-order chi connectivity index (χ1) is 10.9. The van der Waals surface area contributed by atoms with E-state index >= 15 is 0 Å². The van der Waals surface area contributed by atoms with Crippen molar-refractivity contribution in [2.75, 3.05) is 18.9 Å². The number of hydrogen-bond acceptors (Lipinski definition) is 2. The van der Waals surface area contributed by atoms with Crippen molar-refractivity contribution in [1.29, 1.82) is 0 Å². The molecule has 0 saturated heterocycles. The molecule has 0 heterocycles. The molecule has 1 N–H and O–H groups in total. The van der Waals surface area contributed by atoms with Crippen molar-refractivity contribution in [2.24, 2.45) is 4.99 Å². The van der Waals surface area contributed by atoms with Gasteiger partial charge in [0.2, 0.25) is 0 Å². The summed E-state index contributed by atoms with van der Waals surface area (Å²) in [5.41, 5.74) is 6.44. The first kappa shape index (κ1) is 17.4. The van der Waals surface area contributed by atoms with Crippen molar-refractivity contribution in [3.05, 3.63) is 52.0 Å². The number of halogens is 1. The summed E-state index contributed by atoms with van der Waals surface area (Å²) in [4.78, 5) is 6.47. The molecular formula is C19H24ClN3. The van der Waals surface area contributed by atoms with E-state index in [0.717, 1.165) is 29.2 Å². The molecular weight excluding hydrogens is 306 g/mol. The van der Waals surface area contributed by atoms with Gasteiger partial charge in [-0.3, -0.25) is 0 Å². The van der Waals surface area contributed by atoms with Gasteiger partial charge in [-0.1, -0.05) is 23.7 Å². The van der Waals surface area contributed by atoms with E-state index in [1.165, 1.54) is 11.1 Å². The Morgan fingerprint density at radius 2 is 1.78 bits per heavy atom. The van der Waals surface area contributed by atoms with Crippen LogP contribution < -0.4 is 5.32 Å². The number of nitrogens with one attached hydrogen (secondary N) is 1. The van der Waals surface area contributed by atoms with Crippen molar-refractivity contribution in [2.45, 2.75) is 27.7 Å². The van der Waals surface area contributed by atoms with Crippen LogP contribution in [0.4, 0.5) is 17.1 Å². The van der Waals surface area contributed by atoms with E-state index < -0.39 is 0 Å². The SMILES string of the molecule is CCN(C)C=Nc1cc(C)c(Nc2cc(C)ccc2C)cc1Cl. The Balaban J connectivity index is 2.29. The van der Waals surface area contributed by atoms with Crippen LogP contribution in [-0.2, 0) is 0 Å². The van der Waals surface area contributed by atoms with Gasteiger partial charge in [-0.2, -0.15) is 0 Å². The quantitative estimate of drug-likeness (QED) is 0.569. The van der Waals surface area contributed by atoms with Gasteiger partial charge >= 0.3 is 0 Å². The third kappa shape index (κ3) is 4.49. The Morgan fingerprint density at radius 1 is 1.09 bits per heavy atom. The van der Waals surface area contributed by atoms with Crippen LogP contribution in [-0.4, -0.2) is 24.8 Å². The van der Waals surface area contributed by atoms with Crippen molar-refractivity contribution in [3.8, 4) is 0 Å². The summed E-state index contributed by atoms with van der Waals surface area (Å²) in [6.07, 6.45) is 1.80. The second-order valence-corrected chi connectivity index (χ2v) is 6.29. The minimum atomic E-state index is 0.643. The monoisotopic (exact) mass is 329 g/mol. The molecule has 0 unspecified atom stereocenters. The number of benzene rings is 2. The van der Waals surface area contributed by atoms with Crippen LogP contribution in [0.3, 0.4) is 0 Å². The molecule has 0 amide bonds. The molecule has 0 aliphatic carbocycles. The third-order valence-corrected chi connectivity index (χ3v) is 4.15. The number of aliphatic imine (C=N–C) groups is 1. The van der Waals surface area contributed by atoms with Crippen molar-refractivity contribution >= 4 is 35.0 Å². The van der Waals surface area contributed by atoms with Crippen molar-refractivity contribution in [3.63, 3.8) is 0 Å². The molecule has 0 saturated carbocycles. The molecule has 0 spiro atoms. The van der Waals surface area contributed by atoms with Gasteiger partial charge in [0.15, 0.2) is 0 Å². The summed E-state index contributed by atoms with van der Waals surface area (Å²) in [6, 6.07) is 10.3. The van der Waals surface area contributed by atoms with E-state index in [0.29, 0.717) is 5.02 Å². The normalized spacial score (nSPS) is 11.0. The topological polar surface area (TPSA) is 27.6 Å². The molecule has 3 nitrogen and oxygen atoms in total. The van der Waals surface area contributed by atoms with Gasteiger partial charge < -0.3 is 10.2 Å². The van der Waals surface area contributed by atoms with Crippen LogP contribution in [0.1, 0.15) is 23.6 Å². The maximum absolute atomic E-state index is 6.39. The molecule has 0 aromatic heterocycles. The van der Waals surface area contributed by atoms with Gasteiger partial charge in [-0.25, -0.2) is 4.99 Å². The van der Waals surface area contributed by atoms with Gasteiger partial charge in [-0.05, 0) is 62.6 Å². The maximum atomic E-state index is 6.39. The molecule has 4 heteroatoms. The fourth-order valence-corrected chi connectivity index (χ4v) is 2.37. The smallest absolute Gasteiger partial charge is 0.0910 e. The largest absolute Gasteiger partial charge is 0.366 e. The molecule has 23 heavy (non-hydrogen) atoms. The molecule has 2 aromatic rings. The zero-order valence-electron chi connectivity index (χ0n) is 14.4. The standard InChI is InChI=1S/C19H24ClN3/c1-6-23(5)12-21-19-10-15(4)18(11-16(19)20)22-17-9-13(2)7-8-14(17)3/h7-12,22H,6H2,1-5H3. The van der Waals surface area contributed by atoms with Crippen molar-refractivity contribution < 1.29 is 0 Å². The van der Waals surface area contributed by atoms with Gasteiger partial charge in [0.1, 0.15) is 0 Å². The Bertz CT molecular complexity index is 723. The summed E-state index contributed by atoms with van der Waals surface area (Å²) in [5, 5.41) is 4.12. The van der Waals surface area contributed by atoms with E-state index in [-0.39, 0.29) is 0 Å². The zero-order valence-corrected chi connectivity index (χ0v) is 15.2. The molecule has 122 valence electrons. The molecule has 0 aliphatic heterocycles. The van der Waals surface area contributed by atoms with Crippen LogP contribution in [0.15, 0.2) is 35.3 Å². The highest BCUT2D eigenvalue weighted by Gasteiger charge is 2.07. The van der Waals surface area contributed by atoms with Crippen LogP contribution in [0.2, 0.25) is 5.02 Å². The van der Waals surface area contributed by atoms with Gasteiger partial charge in [0.05, 0.1) is 17.0 Å².